The minimum Gasteiger partial charge on any atom is -0.495 e. The van der Waals surface area contributed by atoms with Crippen molar-refractivity contribution in [3.63, 3.8) is 0 Å². The van der Waals surface area contributed by atoms with Crippen LogP contribution in [0.4, 0.5) is 0 Å². The molecule has 0 bridgehead atoms. The number of carbonyl (C=O) groups is 1. The van der Waals surface area contributed by atoms with E-state index in [1.54, 1.807) is 19.9 Å². The number of hydrogen-bond acceptors (Lipinski definition) is 4. The van der Waals surface area contributed by atoms with E-state index >= 15 is 0 Å². The maximum Gasteiger partial charge on any atom is 0.251 e. The van der Waals surface area contributed by atoms with Crippen LogP contribution in [0.15, 0.2) is 53.4 Å². The molecule has 0 saturated carbocycles. The summed E-state index contributed by atoms with van der Waals surface area (Å²) in [6, 6.07) is 14.5. The molecule has 0 aliphatic carbocycles. The predicted molar refractivity (Wildman–Crippen MR) is 115 cm³/mol. The number of rotatable bonds is 10. The highest BCUT2D eigenvalue weighted by molar-refractivity contribution is 7.89. The van der Waals surface area contributed by atoms with Gasteiger partial charge in [0.05, 0.1) is 7.11 Å². The van der Waals surface area contributed by atoms with Crippen LogP contribution in [-0.4, -0.2) is 44.9 Å². The number of nitrogens with one attached hydrogen (secondary N) is 1. The van der Waals surface area contributed by atoms with Crippen molar-refractivity contribution >= 4 is 15.9 Å². The number of methoxy groups -OCH3 is 1. The molecule has 2 rings (SSSR count). The van der Waals surface area contributed by atoms with Gasteiger partial charge in [0.2, 0.25) is 10.0 Å². The van der Waals surface area contributed by atoms with Crippen LogP contribution in [0.25, 0.3) is 0 Å². The second kappa shape index (κ2) is 10.4. The van der Waals surface area contributed by atoms with Gasteiger partial charge in [-0.15, -0.1) is 0 Å². The Morgan fingerprint density at radius 1 is 1.10 bits per heavy atom. The molecule has 6 nitrogen and oxygen atoms in total. The van der Waals surface area contributed by atoms with Crippen LogP contribution in [0.3, 0.4) is 0 Å². The summed E-state index contributed by atoms with van der Waals surface area (Å²) in [7, 11) is -2.33. The first kappa shape index (κ1) is 22.9. The number of benzene rings is 2. The van der Waals surface area contributed by atoms with E-state index in [0.29, 0.717) is 18.7 Å². The first-order valence-electron chi connectivity index (χ1n) is 9.86. The number of ether oxygens (including phenoxy) is 1. The van der Waals surface area contributed by atoms with Crippen LogP contribution >= 0.6 is 0 Å². The molecule has 1 atom stereocenters. The normalized spacial score (nSPS) is 12.6. The summed E-state index contributed by atoms with van der Waals surface area (Å²) >= 11 is 0. The molecule has 2 aromatic rings. The van der Waals surface area contributed by atoms with Gasteiger partial charge in [0.1, 0.15) is 10.6 Å². The van der Waals surface area contributed by atoms with Gasteiger partial charge < -0.3 is 10.1 Å². The highest BCUT2D eigenvalue weighted by atomic mass is 32.2. The lowest BCUT2D eigenvalue weighted by Crippen LogP contribution is -2.34. The maximum absolute atomic E-state index is 12.9. The first-order chi connectivity index (χ1) is 13.8. The van der Waals surface area contributed by atoms with E-state index in [9.17, 15) is 13.2 Å². The zero-order valence-electron chi connectivity index (χ0n) is 17.5. The molecule has 0 saturated heterocycles. The molecule has 1 amide bonds. The Morgan fingerprint density at radius 3 is 2.34 bits per heavy atom. The topological polar surface area (TPSA) is 75.7 Å². The fourth-order valence-electron chi connectivity index (χ4n) is 3.13. The first-order valence-corrected chi connectivity index (χ1v) is 11.3. The third kappa shape index (κ3) is 5.81. The maximum atomic E-state index is 12.9. The van der Waals surface area contributed by atoms with Crippen LogP contribution in [0, 0.1) is 0 Å². The van der Waals surface area contributed by atoms with Crippen molar-refractivity contribution in [2.24, 2.45) is 0 Å². The van der Waals surface area contributed by atoms with Crippen LogP contribution < -0.4 is 10.1 Å². The Morgan fingerprint density at radius 2 is 1.76 bits per heavy atom. The van der Waals surface area contributed by atoms with Gasteiger partial charge in [0.15, 0.2) is 0 Å². The Hall–Kier alpha value is -2.38. The largest absolute Gasteiger partial charge is 0.495 e. The molecular formula is C22H30N2O4S. The molecule has 0 heterocycles. The van der Waals surface area contributed by atoms with E-state index in [0.717, 1.165) is 12.8 Å². The van der Waals surface area contributed by atoms with Crippen molar-refractivity contribution in [1.82, 2.24) is 9.62 Å². The summed E-state index contributed by atoms with van der Waals surface area (Å²) < 4.78 is 32.5. The van der Waals surface area contributed by atoms with Gasteiger partial charge in [-0.25, -0.2) is 8.42 Å². The average molecular weight is 419 g/mol. The molecule has 0 aliphatic rings. The fourth-order valence-corrected chi connectivity index (χ4v) is 4.77. The molecule has 0 aromatic heterocycles. The smallest absolute Gasteiger partial charge is 0.251 e. The van der Waals surface area contributed by atoms with Crippen molar-refractivity contribution in [2.45, 2.75) is 44.6 Å². The number of amides is 1. The lowest BCUT2D eigenvalue weighted by Gasteiger charge is -2.21. The second-order valence-electron chi connectivity index (χ2n) is 6.85. The molecule has 1 N–H and O–H groups in total. The third-order valence-electron chi connectivity index (χ3n) is 4.84. The Labute approximate surface area is 173 Å². The predicted octanol–water partition coefficient (Wildman–Crippen LogP) is 3.48. The van der Waals surface area contributed by atoms with E-state index < -0.39 is 10.0 Å². The number of hydrogen-bond donors (Lipinski definition) is 1. The van der Waals surface area contributed by atoms with E-state index in [1.807, 2.05) is 25.1 Å². The van der Waals surface area contributed by atoms with Gasteiger partial charge in [0, 0.05) is 24.7 Å². The zero-order valence-corrected chi connectivity index (χ0v) is 18.3. The number of carbonyl (C=O) groups excluding carboxylic acids is 1. The Bertz CT molecular complexity index is 910. The molecular weight excluding hydrogens is 388 g/mol. The van der Waals surface area contributed by atoms with Gasteiger partial charge >= 0.3 is 0 Å². The Balaban J connectivity index is 2.16. The highest BCUT2D eigenvalue weighted by Gasteiger charge is 2.27. The molecule has 2 aromatic carbocycles. The monoisotopic (exact) mass is 418 g/mol. The molecule has 158 valence electrons. The molecule has 0 spiro atoms. The van der Waals surface area contributed by atoms with Crippen molar-refractivity contribution in [3.05, 3.63) is 59.7 Å². The number of aryl methyl sites for hydroxylation is 1. The zero-order chi connectivity index (χ0) is 21.4. The molecule has 0 aliphatic heterocycles. The van der Waals surface area contributed by atoms with Crippen LogP contribution in [-0.2, 0) is 16.4 Å². The summed E-state index contributed by atoms with van der Waals surface area (Å²) in [6.45, 7) is 6.18. The minimum absolute atomic E-state index is 0.00767. The van der Waals surface area contributed by atoms with Crippen molar-refractivity contribution in [2.75, 3.05) is 20.2 Å². The molecule has 0 fully saturated rings. The Kier molecular flexibility index (Phi) is 8.22. The van der Waals surface area contributed by atoms with Gasteiger partial charge in [-0.1, -0.05) is 44.2 Å². The fraction of sp³-hybridized carbons (Fsp3) is 0.409. The molecule has 0 radical (unpaired) electrons. The van der Waals surface area contributed by atoms with E-state index in [1.165, 1.54) is 29.1 Å². The summed E-state index contributed by atoms with van der Waals surface area (Å²) in [6.07, 6.45) is 1.64. The molecule has 29 heavy (non-hydrogen) atoms. The van der Waals surface area contributed by atoms with Crippen LogP contribution in [0.2, 0.25) is 0 Å². The lowest BCUT2D eigenvalue weighted by molar-refractivity contribution is 0.0938. The van der Waals surface area contributed by atoms with E-state index in [-0.39, 0.29) is 22.6 Å². The minimum atomic E-state index is -3.75. The average Bonchev–Trinajstić information content (AvgIpc) is 2.73. The number of sulfonamides is 1. The van der Waals surface area contributed by atoms with Crippen LogP contribution in [0.5, 0.6) is 5.75 Å². The quantitative estimate of drug-likeness (QED) is 0.641. The van der Waals surface area contributed by atoms with Crippen molar-refractivity contribution in [3.8, 4) is 5.75 Å². The van der Waals surface area contributed by atoms with Crippen LogP contribution in [0.1, 0.15) is 43.1 Å². The van der Waals surface area contributed by atoms with Crippen molar-refractivity contribution in [1.29, 1.82) is 0 Å². The summed E-state index contributed by atoms with van der Waals surface area (Å²) in [4.78, 5) is 12.7. The highest BCUT2D eigenvalue weighted by Crippen LogP contribution is 2.28. The van der Waals surface area contributed by atoms with Gasteiger partial charge in [0.25, 0.3) is 5.91 Å². The standard InChI is InChI=1S/C22H30N2O4S/c1-5-24(6-2)29(26,27)21-16-19(14-15-20(21)28-4)22(25)23-17(3)12-13-18-10-8-7-9-11-18/h7-11,14-17H,5-6,12-13H2,1-4H3,(H,23,25)/t17-/m1/s1. The lowest BCUT2D eigenvalue weighted by atomic mass is 10.1. The molecule has 0 unspecified atom stereocenters. The second-order valence-corrected chi connectivity index (χ2v) is 8.76. The number of nitrogens with zero attached hydrogens (tertiary/aromatic N) is 1. The van der Waals surface area contributed by atoms with E-state index in [4.69, 9.17) is 4.74 Å². The SMILES string of the molecule is CCN(CC)S(=O)(=O)c1cc(C(=O)N[C@H](C)CCc2ccccc2)ccc1OC. The third-order valence-corrected chi connectivity index (χ3v) is 6.91. The summed E-state index contributed by atoms with van der Waals surface area (Å²) in [5.74, 6) is -0.0743. The van der Waals surface area contributed by atoms with Gasteiger partial charge in [-0.2, -0.15) is 4.31 Å². The summed E-state index contributed by atoms with van der Waals surface area (Å²) in [5.41, 5.74) is 1.51. The van der Waals surface area contributed by atoms with Gasteiger partial charge in [-0.3, -0.25) is 4.79 Å². The summed E-state index contributed by atoms with van der Waals surface area (Å²) in [5, 5.41) is 2.95. The van der Waals surface area contributed by atoms with Gasteiger partial charge in [-0.05, 0) is 43.5 Å². The van der Waals surface area contributed by atoms with E-state index in [2.05, 4.69) is 17.4 Å². The molecule has 7 heteroatoms. The van der Waals surface area contributed by atoms with Crippen molar-refractivity contribution < 1.29 is 17.9 Å².